The summed E-state index contributed by atoms with van der Waals surface area (Å²) in [5.74, 6) is 0.263. The first-order valence-electron chi connectivity index (χ1n) is 6.73. The highest BCUT2D eigenvalue weighted by Crippen LogP contribution is 2.51. The lowest BCUT2D eigenvalue weighted by Crippen LogP contribution is -2.56. The van der Waals surface area contributed by atoms with Gasteiger partial charge in [0, 0.05) is 6.42 Å². The molecule has 100 valence electrons. The van der Waals surface area contributed by atoms with Crippen LogP contribution in [0, 0.1) is 10.8 Å². The van der Waals surface area contributed by atoms with Crippen molar-refractivity contribution in [2.45, 2.75) is 72.7 Å². The summed E-state index contributed by atoms with van der Waals surface area (Å²) in [4.78, 5) is 11.9. The molecule has 3 nitrogen and oxygen atoms in total. The monoisotopic (exact) mass is 242 g/mol. The zero-order valence-electron chi connectivity index (χ0n) is 11.7. The molecule has 3 heteroatoms. The SMILES string of the molecule is CC.CC12CCC(=O)C(C)(C)C1OC(O)CC2. The predicted octanol–water partition coefficient (Wildman–Crippen LogP) is 2.91. The van der Waals surface area contributed by atoms with E-state index in [0.29, 0.717) is 12.8 Å². The first kappa shape index (κ1) is 14.7. The van der Waals surface area contributed by atoms with Crippen LogP contribution in [-0.2, 0) is 9.53 Å². The smallest absolute Gasteiger partial charge is 0.154 e. The molecule has 1 saturated heterocycles. The molecule has 1 aliphatic heterocycles. The number of Topliss-reactive ketones (excluding diaryl/α,β-unsaturated/α-hetero) is 1. The summed E-state index contributed by atoms with van der Waals surface area (Å²) in [5, 5.41) is 9.55. The van der Waals surface area contributed by atoms with Crippen LogP contribution in [0.1, 0.15) is 60.3 Å². The molecule has 2 fully saturated rings. The molecule has 0 aromatic heterocycles. The fourth-order valence-electron chi connectivity index (χ4n) is 3.14. The van der Waals surface area contributed by atoms with Crippen LogP contribution in [0.4, 0.5) is 0 Å². The van der Waals surface area contributed by atoms with Gasteiger partial charge in [0.05, 0.1) is 11.5 Å². The number of hydrogen-bond donors (Lipinski definition) is 1. The summed E-state index contributed by atoms with van der Waals surface area (Å²) >= 11 is 0. The molecule has 0 spiro atoms. The molecule has 1 saturated carbocycles. The van der Waals surface area contributed by atoms with E-state index in [9.17, 15) is 9.90 Å². The molecule has 3 unspecified atom stereocenters. The Morgan fingerprint density at radius 3 is 2.41 bits per heavy atom. The number of fused-ring (bicyclic) bond motifs is 1. The Hall–Kier alpha value is -0.410. The average molecular weight is 242 g/mol. The average Bonchev–Trinajstić information content (AvgIpc) is 2.30. The summed E-state index contributed by atoms with van der Waals surface area (Å²) < 4.78 is 5.61. The third-order valence-electron chi connectivity index (χ3n) is 4.19. The maximum atomic E-state index is 11.9. The van der Waals surface area contributed by atoms with Crippen molar-refractivity contribution in [3.8, 4) is 0 Å². The van der Waals surface area contributed by atoms with Crippen molar-refractivity contribution in [1.82, 2.24) is 0 Å². The number of carbonyl (C=O) groups is 1. The second-order valence-electron chi connectivity index (χ2n) is 5.81. The Kier molecular flexibility index (Phi) is 4.37. The van der Waals surface area contributed by atoms with Crippen molar-refractivity contribution in [3.63, 3.8) is 0 Å². The number of ketones is 1. The molecule has 0 amide bonds. The Balaban J connectivity index is 0.000000686. The third kappa shape index (κ3) is 2.55. The van der Waals surface area contributed by atoms with Crippen LogP contribution in [0.3, 0.4) is 0 Å². The minimum atomic E-state index is -0.687. The molecule has 1 heterocycles. The molecule has 1 N–H and O–H groups in total. The third-order valence-corrected chi connectivity index (χ3v) is 4.19. The van der Waals surface area contributed by atoms with E-state index < -0.39 is 11.7 Å². The van der Waals surface area contributed by atoms with E-state index in [1.807, 2.05) is 27.7 Å². The van der Waals surface area contributed by atoms with E-state index >= 15 is 0 Å². The van der Waals surface area contributed by atoms with Crippen molar-refractivity contribution in [1.29, 1.82) is 0 Å². The van der Waals surface area contributed by atoms with Crippen molar-refractivity contribution in [2.75, 3.05) is 0 Å². The maximum Gasteiger partial charge on any atom is 0.154 e. The summed E-state index contributed by atoms with van der Waals surface area (Å²) in [6, 6.07) is 0. The zero-order valence-corrected chi connectivity index (χ0v) is 11.7. The topological polar surface area (TPSA) is 46.5 Å². The molecule has 17 heavy (non-hydrogen) atoms. The van der Waals surface area contributed by atoms with Crippen LogP contribution in [0.25, 0.3) is 0 Å². The molecular formula is C14H26O3. The van der Waals surface area contributed by atoms with Gasteiger partial charge in [-0.15, -0.1) is 0 Å². The van der Waals surface area contributed by atoms with Crippen molar-refractivity contribution in [3.05, 3.63) is 0 Å². The lowest BCUT2D eigenvalue weighted by molar-refractivity contribution is -0.244. The fraction of sp³-hybridized carbons (Fsp3) is 0.929. The molecule has 0 radical (unpaired) electrons. The van der Waals surface area contributed by atoms with Crippen LogP contribution in [-0.4, -0.2) is 23.3 Å². The van der Waals surface area contributed by atoms with E-state index in [-0.39, 0.29) is 17.3 Å². The highest BCUT2D eigenvalue weighted by molar-refractivity contribution is 5.85. The second kappa shape index (κ2) is 5.07. The zero-order chi connectivity index (χ0) is 13.3. The second-order valence-corrected chi connectivity index (χ2v) is 5.81. The largest absolute Gasteiger partial charge is 0.368 e. The Morgan fingerprint density at radius 2 is 1.82 bits per heavy atom. The molecule has 0 bridgehead atoms. The minimum absolute atomic E-state index is 0.0661. The van der Waals surface area contributed by atoms with E-state index in [2.05, 4.69) is 6.92 Å². The highest BCUT2D eigenvalue weighted by atomic mass is 16.6. The predicted molar refractivity (Wildman–Crippen MR) is 67.6 cm³/mol. The molecule has 3 atom stereocenters. The van der Waals surface area contributed by atoms with Gasteiger partial charge in [-0.2, -0.15) is 0 Å². The van der Waals surface area contributed by atoms with Gasteiger partial charge < -0.3 is 9.84 Å². The molecule has 0 aromatic rings. The van der Waals surface area contributed by atoms with Crippen LogP contribution in [0.2, 0.25) is 0 Å². The minimum Gasteiger partial charge on any atom is -0.368 e. The summed E-state index contributed by atoms with van der Waals surface area (Å²) in [6.07, 6.45) is 2.38. The van der Waals surface area contributed by atoms with Crippen molar-refractivity contribution >= 4 is 5.78 Å². The number of ether oxygens (including phenoxy) is 1. The normalized spacial score (nSPS) is 40.0. The van der Waals surface area contributed by atoms with Gasteiger partial charge in [-0.25, -0.2) is 0 Å². The number of hydrogen-bond acceptors (Lipinski definition) is 3. The van der Waals surface area contributed by atoms with E-state index in [1.54, 1.807) is 0 Å². The van der Waals surface area contributed by atoms with Gasteiger partial charge in [0.25, 0.3) is 0 Å². The number of aliphatic hydroxyl groups excluding tert-OH is 1. The van der Waals surface area contributed by atoms with Gasteiger partial charge in [-0.05, 0) is 24.7 Å². The Morgan fingerprint density at radius 1 is 1.24 bits per heavy atom. The van der Waals surface area contributed by atoms with Gasteiger partial charge in [-0.3, -0.25) is 4.79 Å². The van der Waals surface area contributed by atoms with Crippen LogP contribution >= 0.6 is 0 Å². The molecule has 2 aliphatic rings. The Labute approximate surface area is 105 Å². The maximum absolute atomic E-state index is 11.9. The quantitative estimate of drug-likeness (QED) is 0.710. The number of rotatable bonds is 0. The van der Waals surface area contributed by atoms with Crippen LogP contribution in [0.5, 0.6) is 0 Å². The highest BCUT2D eigenvalue weighted by Gasteiger charge is 2.54. The van der Waals surface area contributed by atoms with Gasteiger partial charge in [0.1, 0.15) is 5.78 Å². The van der Waals surface area contributed by atoms with Crippen molar-refractivity contribution in [2.24, 2.45) is 10.8 Å². The van der Waals surface area contributed by atoms with Gasteiger partial charge >= 0.3 is 0 Å². The first-order chi connectivity index (χ1) is 7.86. The van der Waals surface area contributed by atoms with Crippen molar-refractivity contribution < 1.29 is 14.6 Å². The lowest BCUT2D eigenvalue weighted by Gasteiger charge is -2.52. The molecular weight excluding hydrogens is 216 g/mol. The molecule has 1 aliphatic carbocycles. The summed E-state index contributed by atoms with van der Waals surface area (Å²) in [6.45, 7) is 10.1. The summed E-state index contributed by atoms with van der Waals surface area (Å²) in [7, 11) is 0. The Bertz CT molecular complexity index is 285. The fourth-order valence-corrected chi connectivity index (χ4v) is 3.14. The van der Waals surface area contributed by atoms with Crippen LogP contribution in [0.15, 0.2) is 0 Å². The van der Waals surface area contributed by atoms with Gasteiger partial charge in [0.15, 0.2) is 6.29 Å². The van der Waals surface area contributed by atoms with E-state index in [1.165, 1.54) is 0 Å². The number of aliphatic hydroxyl groups is 1. The van der Waals surface area contributed by atoms with E-state index in [0.717, 1.165) is 12.8 Å². The van der Waals surface area contributed by atoms with E-state index in [4.69, 9.17) is 4.74 Å². The van der Waals surface area contributed by atoms with Crippen LogP contribution < -0.4 is 0 Å². The molecule has 0 aromatic carbocycles. The molecule has 2 rings (SSSR count). The number of carbonyl (C=O) groups excluding carboxylic acids is 1. The van der Waals surface area contributed by atoms with Gasteiger partial charge in [-0.1, -0.05) is 34.6 Å². The standard InChI is InChI=1S/C12H20O3.C2H6/c1-11(2)8(13)4-6-12(3)7-5-9(14)15-10(11)12;1-2/h9-10,14H,4-7H2,1-3H3;1-2H3. The summed E-state index contributed by atoms with van der Waals surface area (Å²) in [5.41, 5.74) is -0.384. The lowest BCUT2D eigenvalue weighted by atomic mass is 9.59. The first-order valence-corrected chi connectivity index (χ1v) is 6.73. The van der Waals surface area contributed by atoms with Gasteiger partial charge in [0.2, 0.25) is 0 Å².